The molecule has 0 saturated heterocycles. The normalized spacial score (nSPS) is 10.5. The summed E-state index contributed by atoms with van der Waals surface area (Å²) in [5.74, 6) is 0.477. The molecule has 0 aliphatic carbocycles. The van der Waals surface area contributed by atoms with Crippen LogP contribution in [0.25, 0.3) is 11.3 Å². The second kappa shape index (κ2) is 6.63. The molecule has 1 aromatic carbocycles. The fourth-order valence-electron chi connectivity index (χ4n) is 1.92. The summed E-state index contributed by atoms with van der Waals surface area (Å²) in [6.45, 7) is 2.23. The topological polar surface area (TPSA) is 47.4 Å². The number of benzene rings is 1. The van der Waals surface area contributed by atoms with Crippen molar-refractivity contribution in [2.75, 3.05) is 25.6 Å². The molecule has 2 aromatic rings. The van der Waals surface area contributed by atoms with E-state index in [1.165, 1.54) is 0 Å². The SMILES string of the molecule is CCOC(=O)Cn1nc(N(C)C)cc1-c1ccc(Cl)cc1. The van der Waals surface area contributed by atoms with E-state index in [0.717, 1.165) is 17.1 Å². The summed E-state index contributed by atoms with van der Waals surface area (Å²) in [7, 11) is 3.81. The first-order valence-corrected chi connectivity index (χ1v) is 7.05. The maximum atomic E-state index is 11.7. The average molecular weight is 308 g/mol. The van der Waals surface area contributed by atoms with E-state index >= 15 is 0 Å². The predicted molar refractivity (Wildman–Crippen MR) is 83.6 cm³/mol. The molecule has 0 atom stereocenters. The van der Waals surface area contributed by atoms with Gasteiger partial charge in [-0.3, -0.25) is 9.48 Å². The Hall–Kier alpha value is -2.01. The molecule has 1 heterocycles. The lowest BCUT2D eigenvalue weighted by Crippen LogP contribution is -2.16. The molecule has 0 aliphatic heterocycles. The van der Waals surface area contributed by atoms with Gasteiger partial charge in [0.25, 0.3) is 0 Å². The zero-order valence-electron chi connectivity index (χ0n) is 12.3. The van der Waals surface area contributed by atoms with Gasteiger partial charge in [0.15, 0.2) is 5.82 Å². The van der Waals surface area contributed by atoms with Crippen molar-refractivity contribution in [2.24, 2.45) is 0 Å². The fraction of sp³-hybridized carbons (Fsp3) is 0.333. The van der Waals surface area contributed by atoms with Crippen molar-refractivity contribution in [2.45, 2.75) is 13.5 Å². The summed E-state index contributed by atoms with van der Waals surface area (Å²) in [6, 6.07) is 9.37. The molecule has 0 amide bonds. The van der Waals surface area contributed by atoms with Gasteiger partial charge in [0, 0.05) is 25.2 Å². The summed E-state index contributed by atoms with van der Waals surface area (Å²) < 4.78 is 6.64. The van der Waals surface area contributed by atoms with E-state index in [1.807, 2.05) is 49.3 Å². The van der Waals surface area contributed by atoms with Gasteiger partial charge >= 0.3 is 5.97 Å². The molecule has 2 rings (SSSR count). The number of aromatic nitrogens is 2. The number of rotatable bonds is 5. The van der Waals surface area contributed by atoms with Gasteiger partial charge in [-0.2, -0.15) is 5.10 Å². The number of nitrogens with zero attached hydrogens (tertiary/aromatic N) is 3. The molecule has 0 aliphatic rings. The van der Waals surface area contributed by atoms with E-state index in [-0.39, 0.29) is 12.5 Å². The zero-order chi connectivity index (χ0) is 15.4. The Labute approximate surface area is 129 Å². The highest BCUT2D eigenvalue weighted by atomic mass is 35.5. The minimum absolute atomic E-state index is 0.0830. The number of carbonyl (C=O) groups excluding carboxylic acids is 1. The van der Waals surface area contributed by atoms with Crippen molar-refractivity contribution in [1.29, 1.82) is 0 Å². The van der Waals surface area contributed by atoms with Crippen LogP contribution in [0.2, 0.25) is 5.02 Å². The lowest BCUT2D eigenvalue weighted by Gasteiger charge is -2.07. The molecule has 0 radical (unpaired) electrons. The predicted octanol–water partition coefficient (Wildman–Crippen LogP) is 2.83. The Morgan fingerprint density at radius 3 is 2.57 bits per heavy atom. The van der Waals surface area contributed by atoms with Crippen LogP contribution in [0.5, 0.6) is 0 Å². The summed E-state index contributed by atoms with van der Waals surface area (Å²) in [4.78, 5) is 13.6. The second-order valence-electron chi connectivity index (χ2n) is 4.75. The monoisotopic (exact) mass is 307 g/mol. The first-order valence-electron chi connectivity index (χ1n) is 6.68. The van der Waals surface area contributed by atoms with Crippen LogP contribution in [0.3, 0.4) is 0 Å². The van der Waals surface area contributed by atoms with Crippen molar-refractivity contribution in [3.63, 3.8) is 0 Å². The highest BCUT2D eigenvalue weighted by molar-refractivity contribution is 6.30. The fourth-order valence-corrected chi connectivity index (χ4v) is 2.05. The molecule has 112 valence electrons. The van der Waals surface area contributed by atoms with Crippen LogP contribution in [0.1, 0.15) is 6.92 Å². The highest BCUT2D eigenvalue weighted by Crippen LogP contribution is 2.25. The zero-order valence-corrected chi connectivity index (χ0v) is 13.1. The van der Waals surface area contributed by atoms with Gasteiger partial charge < -0.3 is 9.64 Å². The molecule has 1 aromatic heterocycles. The first-order chi connectivity index (χ1) is 10.0. The average Bonchev–Trinajstić information content (AvgIpc) is 2.84. The molecule has 21 heavy (non-hydrogen) atoms. The van der Waals surface area contributed by atoms with E-state index in [9.17, 15) is 4.79 Å². The molecule has 0 N–H and O–H groups in total. The van der Waals surface area contributed by atoms with E-state index in [2.05, 4.69) is 5.10 Å². The number of ether oxygens (including phenoxy) is 1. The van der Waals surface area contributed by atoms with Gasteiger partial charge in [-0.15, -0.1) is 0 Å². The quantitative estimate of drug-likeness (QED) is 0.797. The van der Waals surface area contributed by atoms with Crippen LogP contribution in [-0.2, 0) is 16.1 Å². The number of esters is 1. The number of carbonyl (C=O) groups is 1. The summed E-state index contributed by atoms with van der Waals surface area (Å²) >= 11 is 5.92. The van der Waals surface area contributed by atoms with Crippen molar-refractivity contribution in [1.82, 2.24) is 9.78 Å². The molecular weight excluding hydrogens is 290 g/mol. The lowest BCUT2D eigenvalue weighted by atomic mass is 10.1. The second-order valence-corrected chi connectivity index (χ2v) is 5.19. The molecule has 5 nitrogen and oxygen atoms in total. The van der Waals surface area contributed by atoms with Crippen LogP contribution in [0.4, 0.5) is 5.82 Å². The molecule has 0 saturated carbocycles. The van der Waals surface area contributed by atoms with Gasteiger partial charge in [0.05, 0.1) is 12.3 Å². The Morgan fingerprint density at radius 2 is 2.00 bits per heavy atom. The Morgan fingerprint density at radius 1 is 1.33 bits per heavy atom. The van der Waals surface area contributed by atoms with Gasteiger partial charge in [0.2, 0.25) is 0 Å². The van der Waals surface area contributed by atoms with E-state index in [0.29, 0.717) is 11.6 Å². The van der Waals surface area contributed by atoms with Gasteiger partial charge in [-0.25, -0.2) is 0 Å². The van der Waals surface area contributed by atoms with E-state index < -0.39 is 0 Å². The third kappa shape index (κ3) is 3.76. The van der Waals surface area contributed by atoms with Crippen molar-refractivity contribution in [3.8, 4) is 11.3 Å². The van der Waals surface area contributed by atoms with Gasteiger partial charge in [-0.1, -0.05) is 23.7 Å². The molecule has 0 bridgehead atoms. The number of hydrogen-bond acceptors (Lipinski definition) is 4. The first kappa shape index (κ1) is 15.4. The largest absolute Gasteiger partial charge is 0.465 e. The minimum Gasteiger partial charge on any atom is -0.465 e. The molecular formula is C15H18ClN3O2. The molecule has 6 heteroatoms. The number of anilines is 1. The Balaban J connectivity index is 2.38. The highest BCUT2D eigenvalue weighted by Gasteiger charge is 2.14. The van der Waals surface area contributed by atoms with E-state index in [1.54, 1.807) is 11.6 Å². The lowest BCUT2D eigenvalue weighted by molar-refractivity contribution is -0.144. The molecule has 0 unspecified atom stereocenters. The van der Waals surface area contributed by atoms with Crippen LogP contribution in [-0.4, -0.2) is 36.5 Å². The van der Waals surface area contributed by atoms with Crippen molar-refractivity contribution in [3.05, 3.63) is 35.4 Å². The minimum atomic E-state index is -0.305. The number of hydrogen-bond donors (Lipinski definition) is 0. The van der Waals surface area contributed by atoms with Gasteiger partial charge in [-0.05, 0) is 24.6 Å². The third-order valence-electron chi connectivity index (χ3n) is 2.95. The van der Waals surface area contributed by atoms with Crippen LogP contribution < -0.4 is 4.90 Å². The summed E-state index contributed by atoms with van der Waals surface area (Å²) in [5, 5.41) is 5.11. The van der Waals surface area contributed by atoms with E-state index in [4.69, 9.17) is 16.3 Å². The number of halogens is 1. The summed E-state index contributed by atoms with van der Waals surface area (Å²) in [5.41, 5.74) is 1.80. The maximum absolute atomic E-state index is 11.7. The van der Waals surface area contributed by atoms with Crippen LogP contribution in [0, 0.1) is 0 Å². The van der Waals surface area contributed by atoms with Gasteiger partial charge in [0.1, 0.15) is 6.54 Å². The van der Waals surface area contributed by atoms with Crippen LogP contribution in [0.15, 0.2) is 30.3 Å². The summed E-state index contributed by atoms with van der Waals surface area (Å²) in [6.07, 6.45) is 0. The van der Waals surface area contributed by atoms with Crippen LogP contribution >= 0.6 is 11.6 Å². The standard InChI is InChI=1S/C15H18ClN3O2/c1-4-21-15(20)10-19-13(9-14(17-19)18(2)3)11-5-7-12(16)8-6-11/h5-9H,4,10H2,1-3H3. The van der Waals surface area contributed by atoms with Crippen molar-refractivity contribution >= 4 is 23.4 Å². The molecule has 0 spiro atoms. The van der Waals surface area contributed by atoms with Crippen molar-refractivity contribution < 1.29 is 9.53 Å². The smallest absolute Gasteiger partial charge is 0.327 e. The third-order valence-corrected chi connectivity index (χ3v) is 3.20. The Bertz CT molecular complexity index is 620. The molecule has 0 fully saturated rings. The maximum Gasteiger partial charge on any atom is 0.327 e. The Kier molecular flexibility index (Phi) is 4.85.